The standard InChI is InChI=1S/C11H18F2N2/c12-11(13)6-9-15-8-3-1-2-4-10(15)5-7-14/h10-11H,1-6,8-9H2. The summed E-state index contributed by atoms with van der Waals surface area (Å²) in [6.45, 7) is 1.31. The maximum Gasteiger partial charge on any atom is 0.239 e. The number of nitrogens with zero attached hydrogens (tertiary/aromatic N) is 2. The van der Waals surface area contributed by atoms with Gasteiger partial charge in [-0.15, -0.1) is 0 Å². The van der Waals surface area contributed by atoms with E-state index in [2.05, 4.69) is 11.0 Å². The van der Waals surface area contributed by atoms with Crippen LogP contribution in [0.5, 0.6) is 0 Å². The average molecular weight is 216 g/mol. The van der Waals surface area contributed by atoms with E-state index in [0.29, 0.717) is 13.0 Å². The van der Waals surface area contributed by atoms with Crippen molar-refractivity contribution >= 4 is 0 Å². The molecule has 1 heterocycles. The molecule has 0 aromatic rings. The summed E-state index contributed by atoms with van der Waals surface area (Å²) >= 11 is 0. The Hall–Kier alpha value is -0.690. The molecule has 0 spiro atoms. The van der Waals surface area contributed by atoms with Gasteiger partial charge in [-0.1, -0.05) is 12.8 Å². The highest BCUT2D eigenvalue weighted by molar-refractivity contribution is 4.84. The second kappa shape index (κ2) is 6.73. The summed E-state index contributed by atoms with van der Waals surface area (Å²) in [5.41, 5.74) is 0. The molecule has 1 rings (SSSR count). The summed E-state index contributed by atoms with van der Waals surface area (Å²) < 4.78 is 24.2. The molecule has 15 heavy (non-hydrogen) atoms. The minimum atomic E-state index is -2.23. The van der Waals surface area contributed by atoms with Crippen molar-refractivity contribution in [1.82, 2.24) is 4.90 Å². The Morgan fingerprint density at radius 3 is 2.80 bits per heavy atom. The van der Waals surface area contributed by atoms with Crippen LogP contribution < -0.4 is 0 Å². The maximum absolute atomic E-state index is 12.1. The molecule has 4 heteroatoms. The molecule has 1 atom stereocenters. The lowest BCUT2D eigenvalue weighted by molar-refractivity contribution is 0.103. The first-order valence-electron chi connectivity index (χ1n) is 5.63. The molecule has 0 aromatic heterocycles. The highest BCUT2D eigenvalue weighted by atomic mass is 19.3. The van der Waals surface area contributed by atoms with Crippen molar-refractivity contribution in [3.63, 3.8) is 0 Å². The van der Waals surface area contributed by atoms with Gasteiger partial charge in [0.1, 0.15) is 0 Å². The third kappa shape index (κ3) is 4.57. The van der Waals surface area contributed by atoms with Gasteiger partial charge in [-0.2, -0.15) is 5.26 Å². The van der Waals surface area contributed by atoms with Gasteiger partial charge in [0.15, 0.2) is 0 Å². The number of likely N-dealkylation sites (tertiary alicyclic amines) is 1. The van der Waals surface area contributed by atoms with Crippen LogP contribution in [0, 0.1) is 11.3 Å². The van der Waals surface area contributed by atoms with Crippen molar-refractivity contribution in [3.8, 4) is 6.07 Å². The average Bonchev–Trinajstić information content (AvgIpc) is 2.41. The third-order valence-electron chi connectivity index (χ3n) is 2.96. The van der Waals surface area contributed by atoms with Crippen molar-refractivity contribution < 1.29 is 8.78 Å². The number of hydrogen-bond donors (Lipinski definition) is 0. The van der Waals surface area contributed by atoms with Gasteiger partial charge in [-0.05, 0) is 19.4 Å². The predicted octanol–water partition coefficient (Wildman–Crippen LogP) is 2.80. The van der Waals surface area contributed by atoms with E-state index < -0.39 is 6.43 Å². The number of hydrogen-bond acceptors (Lipinski definition) is 2. The zero-order valence-corrected chi connectivity index (χ0v) is 8.96. The molecule has 1 aliphatic rings. The quantitative estimate of drug-likeness (QED) is 0.722. The molecular weight excluding hydrogens is 198 g/mol. The Morgan fingerprint density at radius 2 is 2.13 bits per heavy atom. The molecule has 0 radical (unpaired) electrons. The summed E-state index contributed by atoms with van der Waals surface area (Å²) in [6, 6.07) is 2.36. The molecule has 0 aliphatic carbocycles. The van der Waals surface area contributed by atoms with Gasteiger partial charge in [0.05, 0.1) is 12.5 Å². The Kier molecular flexibility index (Phi) is 5.56. The van der Waals surface area contributed by atoms with Crippen LogP contribution in [0.4, 0.5) is 8.78 Å². The Balaban J connectivity index is 2.43. The lowest BCUT2D eigenvalue weighted by atomic mass is 10.1. The van der Waals surface area contributed by atoms with Gasteiger partial charge in [0.25, 0.3) is 0 Å². The SMILES string of the molecule is N#CCC1CCCCCN1CCC(F)F. The largest absolute Gasteiger partial charge is 0.299 e. The van der Waals surface area contributed by atoms with E-state index in [4.69, 9.17) is 5.26 Å². The number of halogens is 2. The number of nitriles is 1. The smallest absolute Gasteiger partial charge is 0.239 e. The van der Waals surface area contributed by atoms with Crippen LogP contribution in [-0.4, -0.2) is 30.5 Å². The van der Waals surface area contributed by atoms with E-state index in [1.807, 2.05) is 0 Å². The van der Waals surface area contributed by atoms with E-state index in [9.17, 15) is 8.78 Å². The van der Waals surface area contributed by atoms with Crippen molar-refractivity contribution in [1.29, 1.82) is 5.26 Å². The number of alkyl halides is 2. The second-order valence-corrected chi connectivity index (χ2v) is 4.08. The monoisotopic (exact) mass is 216 g/mol. The van der Waals surface area contributed by atoms with E-state index in [1.54, 1.807) is 0 Å². The van der Waals surface area contributed by atoms with E-state index >= 15 is 0 Å². The van der Waals surface area contributed by atoms with Crippen LogP contribution in [0.2, 0.25) is 0 Å². The summed E-state index contributed by atoms with van der Waals surface area (Å²) in [7, 11) is 0. The normalized spacial score (nSPS) is 23.7. The highest BCUT2D eigenvalue weighted by Crippen LogP contribution is 2.19. The lowest BCUT2D eigenvalue weighted by Gasteiger charge is -2.27. The maximum atomic E-state index is 12.1. The molecule has 1 fully saturated rings. The van der Waals surface area contributed by atoms with Gasteiger partial charge in [0, 0.05) is 19.0 Å². The fraction of sp³-hybridized carbons (Fsp3) is 0.909. The summed E-state index contributed by atoms with van der Waals surface area (Å²) in [6.07, 6.45) is 2.52. The highest BCUT2D eigenvalue weighted by Gasteiger charge is 2.21. The van der Waals surface area contributed by atoms with Crippen LogP contribution in [0.1, 0.15) is 38.5 Å². The molecule has 1 unspecified atom stereocenters. The van der Waals surface area contributed by atoms with Crippen molar-refractivity contribution in [2.75, 3.05) is 13.1 Å². The third-order valence-corrected chi connectivity index (χ3v) is 2.96. The summed E-state index contributed by atoms with van der Waals surface area (Å²) in [5, 5.41) is 8.68. The van der Waals surface area contributed by atoms with E-state index in [1.165, 1.54) is 0 Å². The van der Waals surface area contributed by atoms with E-state index in [-0.39, 0.29) is 12.5 Å². The molecule has 0 N–H and O–H groups in total. The van der Waals surface area contributed by atoms with Gasteiger partial charge >= 0.3 is 0 Å². The molecule has 0 saturated carbocycles. The second-order valence-electron chi connectivity index (χ2n) is 4.08. The van der Waals surface area contributed by atoms with Crippen LogP contribution in [0.25, 0.3) is 0 Å². The molecule has 0 aromatic carbocycles. The number of rotatable bonds is 4. The zero-order valence-electron chi connectivity index (χ0n) is 8.96. The predicted molar refractivity (Wildman–Crippen MR) is 54.7 cm³/mol. The fourth-order valence-corrected chi connectivity index (χ4v) is 2.13. The Bertz CT molecular complexity index is 213. The first-order valence-corrected chi connectivity index (χ1v) is 5.63. The van der Waals surface area contributed by atoms with Crippen molar-refractivity contribution in [2.24, 2.45) is 0 Å². The first-order chi connectivity index (χ1) is 7.24. The summed E-state index contributed by atoms with van der Waals surface area (Å²) in [4.78, 5) is 2.07. The van der Waals surface area contributed by atoms with Gasteiger partial charge in [-0.25, -0.2) is 8.78 Å². The first kappa shape index (κ1) is 12.4. The molecule has 0 amide bonds. The van der Waals surface area contributed by atoms with Gasteiger partial charge in [0.2, 0.25) is 6.43 Å². The van der Waals surface area contributed by atoms with Crippen molar-refractivity contribution in [3.05, 3.63) is 0 Å². The molecule has 2 nitrogen and oxygen atoms in total. The lowest BCUT2D eigenvalue weighted by Crippen LogP contribution is -2.36. The summed E-state index contributed by atoms with van der Waals surface area (Å²) in [5.74, 6) is 0. The molecule has 1 saturated heterocycles. The fourth-order valence-electron chi connectivity index (χ4n) is 2.13. The molecular formula is C11H18F2N2. The Morgan fingerprint density at radius 1 is 1.33 bits per heavy atom. The van der Waals surface area contributed by atoms with Crippen LogP contribution >= 0.6 is 0 Å². The van der Waals surface area contributed by atoms with Crippen LogP contribution in [-0.2, 0) is 0 Å². The van der Waals surface area contributed by atoms with Gasteiger partial charge in [-0.3, -0.25) is 4.90 Å². The Labute approximate surface area is 89.9 Å². The van der Waals surface area contributed by atoms with Crippen LogP contribution in [0.3, 0.4) is 0 Å². The molecule has 1 aliphatic heterocycles. The minimum Gasteiger partial charge on any atom is -0.299 e. The minimum absolute atomic E-state index is 0.0675. The molecule has 86 valence electrons. The van der Waals surface area contributed by atoms with Crippen LogP contribution in [0.15, 0.2) is 0 Å². The van der Waals surface area contributed by atoms with Gasteiger partial charge < -0.3 is 0 Å². The molecule has 0 bridgehead atoms. The van der Waals surface area contributed by atoms with Crippen molar-refractivity contribution in [2.45, 2.75) is 51.0 Å². The van der Waals surface area contributed by atoms with E-state index in [0.717, 1.165) is 32.2 Å². The topological polar surface area (TPSA) is 27.0 Å². The zero-order chi connectivity index (χ0) is 11.1.